The number of anilines is 1. The minimum atomic E-state index is 0.618. The largest absolute Gasteiger partial charge is 0.382 e. The average Bonchev–Trinajstić information content (AvgIpc) is 2.74. The van der Waals surface area contributed by atoms with Crippen molar-refractivity contribution in [1.82, 2.24) is 20.2 Å². The van der Waals surface area contributed by atoms with Gasteiger partial charge in [-0.05, 0) is 41.3 Å². The summed E-state index contributed by atoms with van der Waals surface area (Å²) in [6.07, 6.45) is 2.52. The maximum absolute atomic E-state index is 4.03. The van der Waals surface area contributed by atoms with E-state index in [1.54, 1.807) is 4.68 Å². The summed E-state index contributed by atoms with van der Waals surface area (Å²) in [5.41, 5.74) is 2.19. The van der Waals surface area contributed by atoms with Crippen molar-refractivity contribution < 1.29 is 0 Å². The molecule has 1 heterocycles. The van der Waals surface area contributed by atoms with Crippen LogP contribution in [0.1, 0.15) is 19.8 Å². The summed E-state index contributed by atoms with van der Waals surface area (Å²) in [7, 11) is 1.85. The Hall–Kier alpha value is -1.91. The van der Waals surface area contributed by atoms with E-state index < -0.39 is 0 Å². The van der Waals surface area contributed by atoms with Crippen molar-refractivity contribution >= 4 is 5.69 Å². The van der Waals surface area contributed by atoms with Crippen molar-refractivity contribution in [2.45, 2.75) is 25.8 Å². The summed E-state index contributed by atoms with van der Waals surface area (Å²) in [6.45, 7) is 2.29. The molecule has 1 aromatic carbocycles. The molecule has 0 unspecified atom stereocenters. The molecule has 0 spiro atoms. The highest BCUT2D eigenvalue weighted by atomic mass is 15.5. The van der Waals surface area contributed by atoms with E-state index in [4.69, 9.17) is 0 Å². The van der Waals surface area contributed by atoms with Gasteiger partial charge in [-0.1, -0.05) is 19.1 Å². The number of aromatic nitrogens is 4. The van der Waals surface area contributed by atoms with Crippen LogP contribution < -0.4 is 5.32 Å². The Balaban J connectivity index is 1.79. The van der Waals surface area contributed by atoms with Gasteiger partial charge in [-0.3, -0.25) is 0 Å². The number of rotatable bonds is 3. The zero-order valence-corrected chi connectivity index (χ0v) is 10.7. The highest BCUT2D eigenvalue weighted by Gasteiger charge is 2.24. The van der Waals surface area contributed by atoms with E-state index in [-0.39, 0.29) is 0 Å². The molecule has 0 radical (unpaired) electrons. The summed E-state index contributed by atoms with van der Waals surface area (Å²) in [6, 6.07) is 8.88. The van der Waals surface area contributed by atoms with Crippen molar-refractivity contribution in [2.24, 2.45) is 13.0 Å². The maximum atomic E-state index is 4.03. The fourth-order valence-electron chi connectivity index (χ4n) is 2.48. The fourth-order valence-corrected chi connectivity index (χ4v) is 2.48. The fraction of sp³-hybridized carbons (Fsp3) is 0.462. The second kappa shape index (κ2) is 4.40. The Bertz CT molecular complexity index is 542. The number of hydrogen-bond donors (Lipinski definition) is 1. The van der Waals surface area contributed by atoms with E-state index in [1.165, 1.54) is 12.8 Å². The number of aryl methyl sites for hydroxylation is 1. The molecule has 3 rings (SSSR count). The van der Waals surface area contributed by atoms with Gasteiger partial charge in [-0.25, -0.2) is 4.68 Å². The molecule has 1 aromatic heterocycles. The highest BCUT2D eigenvalue weighted by Crippen LogP contribution is 2.30. The van der Waals surface area contributed by atoms with Gasteiger partial charge in [0.15, 0.2) is 5.82 Å². The molecule has 94 valence electrons. The van der Waals surface area contributed by atoms with Crippen molar-refractivity contribution in [2.75, 3.05) is 5.32 Å². The molecule has 0 amide bonds. The summed E-state index contributed by atoms with van der Waals surface area (Å²) in [4.78, 5) is 0. The van der Waals surface area contributed by atoms with E-state index >= 15 is 0 Å². The van der Waals surface area contributed by atoms with Crippen molar-refractivity contribution in [3.05, 3.63) is 24.3 Å². The topological polar surface area (TPSA) is 55.6 Å². The predicted octanol–water partition coefficient (Wildman–Crippen LogP) is 2.09. The van der Waals surface area contributed by atoms with Gasteiger partial charge in [0.2, 0.25) is 0 Å². The van der Waals surface area contributed by atoms with Gasteiger partial charge in [0.05, 0.1) is 0 Å². The van der Waals surface area contributed by atoms with Gasteiger partial charge in [0, 0.05) is 24.3 Å². The van der Waals surface area contributed by atoms with Crippen LogP contribution in [0.25, 0.3) is 11.4 Å². The Labute approximate surface area is 106 Å². The van der Waals surface area contributed by atoms with Gasteiger partial charge >= 0.3 is 0 Å². The quantitative estimate of drug-likeness (QED) is 0.896. The van der Waals surface area contributed by atoms with E-state index in [1.807, 2.05) is 19.2 Å². The van der Waals surface area contributed by atoms with Crippen LogP contribution in [0.15, 0.2) is 24.3 Å². The first-order chi connectivity index (χ1) is 8.72. The lowest BCUT2D eigenvalue weighted by molar-refractivity contribution is 0.309. The summed E-state index contributed by atoms with van der Waals surface area (Å²) < 4.78 is 1.69. The van der Waals surface area contributed by atoms with Crippen molar-refractivity contribution in [3.8, 4) is 11.4 Å². The SMILES string of the molecule is CC1CC(Nc2cccc(-c3nnnn3C)c2)C1. The molecule has 0 saturated heterocycles. The monoisotopic (exact) mass is 243 g/mol. The standard InChI is InChI=1S/C13H17N5/c1-9-6-12(7-9)14-11-5-3-4-10(8-11)13-15-16-17-18(13)2/h3-5,8-9,12,14H,6-7H2,1-2H3. The number of hydrogen-bond acceptors (Lipinski definition) is 4. The van der Waals surface area contributed by atoms with E-state index in [0.29, 0.717) is 6.04 Å². The van der Waals surface area contributed by atoms with Crippen LogP contribution in [-0.2, 0) is 7.05 Å². The van der Waals surface area contributed by atoms with Crippen LogP contribution in [0.4, 0.5) is 5.69 Å². The van der Waals surface area contributed by atoms with Crippen LogP contribution in [0.5, 0.6) is 0 Å². The zero-order valence-electron chi connectivity index (χ0n) is 10.7. The minimum absolute atomic E-state index is 0.618. The van der Waals surface area contributed by atoms with E-state index in [0.717, 1.165) is 23.0 Å². The molecule has 1 saturated carbocycles. The van der Waals surface area contributed by atoms with Gasteiger partial charge in [0.1, 0.15) is 0 Å². The summed E-state index contributed by atoms with van der Waals surface area (Å²) in [5.74, 6) is 1.65. The smallest absolute Gasteiger partial charge is 0.181 e. The van der Waals surface area contributed by atoms with Crippen molar-refractivity contribution in [3.63, 3.8) is 0 Å². The number of tetrazole rings is 1. The van der Waals surface area contributed by atoms with Crippen LogP contribution in [0.3, 0.4) is 0 Å². The normalized spacial score (nSPS) is 22.6. The highest BCUT2D eigenvalue weighted by molar-refractivity contribution is 5.62. The molecule has 1 aliphatic rings. The first-order valence-corrected chi connectivity index (χ1v) is 6.31. The Morgan fingerprint density at radius 2 is 2.17 bits per heavy atom. The molecule has 0 bridgehead atoms. The second-order valence-corrected chi connectivity index (χ2v) is 5.12. The third-order valence-electron chi connectivity index (χ3n) is 3.49. The summed E-state index contributed by atoms with van der Waals surface area (Å²) >= 11 is 0. The van der Waals surface area contributed by atoms with Crippen LogP contribution in [0.2, 0.25) is 0 Å². The zero-order chi connectivity index (χ0) is 12.5. The molecule has 18 heavy (non-hydrogen) atoms. The third kappa shape index (κ3) is 2.08. The van der Waals surface area contributed by atoms with Crippen molar-refractivity contribution in [1.29, 1.82) is 0 Å². The molecule has 1 N–H and O–H groups in total. The van der Waals surface area contributed by atoms with Crippen LogP contribution in [0, 0.1) is 5.92 Å². The lowest BCUT2D eigenvalue weighted by Gasteiger charge is -2.34. The van der Waals surface area contributed by atoms with Crippen LogP contribution >= 0.6 is 0 Å². The van der Waals surface area contributed by atoms with Gasteiger partial charge in [0.25, 0.3) is 0 Å². The van der Waals surface area contributed by atoms with E-state index in [2.05, 4.69) is 39.9 Å². The lowest BCUT2D eigenvalue weighted by atomic mass is 9.82. The molecular weight excluding hydrogens is 226 g/mol. The first-order valence-electron chi connectivity index (χ1n) is 6.31. The summed E-state index contributed by atoms with van der Waals surface area (Å²) in [5, 5.41) is 15.1. The minimum Gasteiger partial charge on any atom is -0.382 e. The molecule has 0 atom stereocenters. The predicted molar refractivity (Wildman–Crippen MR) is 70.0 cm³/mol. The number of nitrogens with zero attached hydrogens (tertiary/aromatic N) is 4. The molecule has 5 nitrogen and oxygen atoms in total. The Morgan fingerprint density at radius 1 is 1.33 bits per heavy atom. The number of benzene rings is 1. The molecule has 1 aliphatic carbocycles. The lowest BCUT2D eigenvalue weighted by Crippen LogP contribution is -2.33. The Morgan fingerprint density at radius 3 is 2.83 bits per heavy atom. The second-order valence-electron chi connectivity index (χ2n) is 5.12. The van der Waals surface area contributed by atoms with Gasteiger partial charge in [-0.2, -0.15) is 0 Å². The maximum Gasteiger partial charge on any atom is 0.181 e. The van der Waals surface area contributed by atoms with Gasteiger partial charge in [-0.15, -0.1) is 5.10 Å². The van der Waals surface area contributed by atoms with Gasteiger partial charge < -0.3 is 5.32 Å². The molecule has 1 fully saturated rings. The average molecular weight is 243 g/mol. The van der Waals surface area contributed by atoms with E-state index in [9.17, 15) is 0 Å². The molecule has 2 aromatic rings. The van der Waals surface area contributed by atoms with Crippen LogP contribution in [-0.4, -0.2) is 26.2 Å². The molecule has 5 heteroatoms. The Kier molecular flexibility index (Phi) is 2.74. The molecule has 0 aliphatic heterocycles. The number of nitrogens with one attached hydrogen (secondary N) is 1. The molecular formula is C13H17N5. The first kappa shape index (κ1) is 11.2. The third-order valence-corrected chi connectivity index (χ3v) is 3.49.